The molecular formula is C12H25NOS. The van der Waals surface area contributed by atoms with Crippen molar-refractivity contribution in [3.05, 3.63) is 0 Å². The van der Waals surface area contributed by atoms with Crippen molar-refractivity contribution in [1.29, 1.82) is 0 Å². The van der Waals surface area contributed by atoms with Crippen molar-refractivity contribution in [2.45, 2.75) is 26.7 Å². The second-order valence-electron chi connectivity index (χ2n) is 5.52. The van der Waals surface area contributed by atoms with Crippen molar-refractivity contribution in [3.8, 4) is 0 Å². The minimum atomic E-state index is 0.331. The Bertz CT molecular complexity index is 182. The lowest BCUT2D eigenvalue weighted by Crippen LogP contribution is -2.42. The molecule has 1 saturated heterocycles. The Labute approximate surface area is 99.8 Å². The van der Waals surface area contributed by atoms with Crippen molar-refractivity contribution in [1.82, 2.24) is 4.90 Å². The van der Waals surface area contributed by atoms with Crippen LogP contribution >= 0.6 is 12.6 Å². The van der Waals surface area contributed by atoms with E-state index < -0.39 is 0 Å². The van der Waals surface area contributed by atoms with E-state index in [0.29, 0.717) is 5.41 Å². The zero-order valence-electron chi connectivity index (χ0n) is 10.3. The fourth-order valence-corrected chi connectivity index (χ4v) is 2.42. The van der Waals surface area contributed by atoms with E-state index in [1.54, 1.807) is 7.11 Å². The van der Waals surface area contributed by atoms with Crippen molar-refractivity contribution in [2.24, 2.45) is 11.3 Å². The van der Waals surface area contributed by atoms with E-state index in [-0.39, 0.29) is 0 Å². The number of thiol groups is 1. The minimum Gasteiger partial charge on any atom is -0.384 e. The highest BCUT2D eigenvalue weighted by Gasteiger charge is 2.25. The summed E-state index contributed by atoms with van der Waals surface area (Å²) in [5.74, 6) is 1.69. The summed E-state index contributed by atoms with van der Waals surface area (Å²) in [7, 11) is 1.80. The summed E-state index contributed by atoms with van der Waals surface area (Å²) in [4.78, 5) is 2.57. The largest absolute Gasteiger partial charge is 0.384 e. The van der Waals surface area contributed by atoms with Gasteiger partial charge in [0, 0.05) is 20.2 Å². The Morgan fingerprint density at radius 3 is 2.80 bits per heavy atom. The topological polar surface area (TPSA) is 12.5 Å². The number of likely N-dealkylation sites (tertiary alicyclic amines) is 1. The lowest BCUT2D eigenvalue weighted by atomic mass is 9.92. The van der Waals surface area contributed by atoms with Crippen LogP contribution in [0.1, 0.15) is 26.7 Å². The van der Waals surface area contributed by atoms with Crippen LogP contribution in [-0.2, 0) is 4.74 Å². The van der Waals surface area contributed by atoms with Gasteiger partial charge < -0.3 is 9.64 Å². The number of hydrogen-bond donors (Lipinski definition) is 1. The van der Waals surface area contributed by atoms with Crippen LogP contribution in [0.25, 0.3) is 0 Å². The molecule has 0 radical (unpaired) electrons. The minimum absolute atomic E-state index is 0.331. The molecule has 1 heterocycles. The van der Waals surface area contributed by atoms with Gasteiger partial charge in [-0.1, -0.05) is 13.8 Å². The molecule has 0 aromatic rings. The molecule has 15 heavy (non-hydrogen) atoms. The molecule has 90 valence electrons. The molecule has 3 heteroatoms. The molecule has 2 nitrogen and oxygen atoms in total. The van der Waals surface area contributed by atoms with Gasteiger partial charge in [-0.15, -0.1) is 0 Å². The third kappa shape index (κ3) is 4.75. The lowest BCUT2D eigenvalue weighted by molar-refractivity contribution is 0.0746. The highest BCUT2D eigenvalue weighted by atomic mass is 32.1. The van der Waals surface area contributed by atoms with E-state index in [1.807, 2.05) is 0 Å². The molecule has 1 fully saturated rings. The summed E-state index contributed by atoms with van der Waals surface area (Å²) in [6.07, 6.45) is 2.64. The second-order valence-corrected chi connectivity index (χ2v) is 5.84. The third-order valence-electron chi connectivity index (χ3n) is 3.09. The molecule has 0 bridgehead atoms. The molecule has 1 rings (SSSR count). The average molecular weight is 231 g/mol. The molecular weight excluding hydrogens is 206 g/mol. The second kappa shape index (κ2) is 6.12. The highest BCUT2D eigenvalue weighted by molar-refractivity contribution is 7.80. The average Bonchev–Trinajstić information content (AvgIpc) is 2.18. The van der Waals surface area contributed by atoms with E-state index in [2.05, 4.69) is 31.4 Å². The first kappa shape index (κ1) is 13.3. The van der Waals surface area contributed by atoms with Gasteiger partial charge >= 0.3 is 0 Å². The van der Waals surface area contributed by atoms with Gasteiger partial charge in [0.25, 0.3) is 0 Å². The summed E-state index contributed by atoms with van der Waals surface area (Å²) in [5.41, 5.74) is 0.331. The molecule has 0 aromatic carbocycles. The Morgan fingerprint density at radius 1 is 1.47 bits per heavy atom. The fourth-order valence-electron chi connectivity index (χ4n) is 2.32. The molecule has 0 amide bonds. The quantitative estimate of drug-likeness (QED) is 0.729. The van der Waals surface area contributed by atoms with E-state index in [9.17, 15) is 0 Å². The molecule has 0 spiro atoms. The zero-order valence-corrected chi connectivity index (χ0v) is 11.2. The molecule has 0 saturated carbocycles. The van der Waals surface area contributed by atoms with Crippen LogP contribution in [-0.4, -0.2) is 44.0 Å². The van der Waals surface area contributed by atoms with Gasteiger partial charge in [0.1, 0.15) is 0 Å². The predicted molar refractivity (Wildman–Crippen MR) is 68.7 cm³/mol. The Hall–Kier alpha value is 0.270. The maximum absolute atomic E-state index is 5.24. The summed E-state index contributed by atoms with van der Waals surface area (Å²) >= 11 is 4.41. The van der Waals surface area contributed by atoms with Gasteiger partial charge in [-0.25, -0.2) is 0 Å². The van der Waals surface area contributed by atoms with Crippen LogP contribution in [0.4, 0.5) is 0 Å². The van der Waals surface area contributed by atoms with Crippen molar-refractivity contribution >= 4 is 12.6 Å². The number of ether oxygens (including phenoxy) is 1. The number of piperidine rings is 1. The molecule has 0 aliphatic carbocycles. The van der Waals surface area contributed by atoms with Gasteiger partial charge in [0.2, 0.25) is 0 Å². The molecule has 1 aliphatic rings. The van der Waals surface area contributed by atoms with Gasteiger partial charge in [0.05, 0.1) is 6.61 Å². The highest BCUT2D eigenvalue weighted by Crippen LogP contribution is 2.23. The molecule has 1 atom stereocenters. The number of hydrogen-bond acceptors (Lipinski definition) is 3. The third-order valence-corrected chi connectivity index (χ3v) is 3.94. The predicted octanol–water partition coefficient (Wildman–Crippen LogP) is 2.30. The van der Waals surface area contributed by atoms with Gasteiger partial charge in [-0.05, 0) is 36.5 Å². The van der Waals surface area contributed by atoms with E-state index in [0.717, 1.165) is 24.8 Å². The van der Waals surface area contributed by atoms with Gasteiger partial charge in [0.15, 0.2) is 0 Å². The number of rotatable bonds is 5. The summed E-state index contributed by atoms with van der Waals surface area (Å²) in [5, 5.41) is 0. The van der Waals surface area contributed by atoms with E-state index in [4.69, 9.17) is 4.74 Å². The first-order valence-corrected chi connectivity index (χ1v) is 6.53. The van der Waals surface area contributed by atoms with Crippen molar-refractivity contribution < 1.29 is 4.74 Å². The molecule has 1 aliphatic heterocycles. The maximum Gasteiger partial charge on any atom is 0.0502 e. The van der Waals surface area contributed by atoms with Gasteiger partial charge in [-0.3, -0.25) is 0 Å². The molecule has 1 unspecified atom stereocenters. The normalized spacial score (nSPS) is 24.4. The Kier molecular flexibility index (Phi) is 5.44. The number of methoxy groups -OCH3 is 1. The Morgan fingerprint density at radius 2 is 2.20 bits per heavy atom. The maximum atomic E-state index is 5.24. The van der Waals surface area contributed by atoms with Crippen LogP contribution < -0.4 is 0 Å². The van der Waals surface area contributed by atoms with E-state index >= 15 is 0 Å². The van der Waals surface area contributed by atoms with Crippen LogP contribution in [0, 0.1) is 11.3 Å². The zero-order chi connectivity index (χ0) is 11.3. The fraction of sp³-hybridized carbons (Fsp3) is 1.00. The summed E-state index contributed by atoms with van der Waals surface area (Å²) in [6, 6.07) is 0. The lowest BCUT2D eigenvalue weighted by Gasteiger charge is -2.37. The van der Waals surface area contributed by atoms with Crippen molar-refractivity contribution in [3.63, 3.8) is 0 Å². The smallest absolute Gasteiger partial charge is 0.0502 e. The first-order chi connectivity index (χ1) is 7.07. The van der Waals surface area contributed by atoms with Gasteiger partial charge in [-0.2, -0.15) is 12.6 Å². The SMILES string of the molecule is COCC1CCCN(CC(C)(C)CS)C1. The summed E-state index contributed by atoms with van der Waals surface area (Å²) < 4.78 is 5.24. The van der Waals surface area contributed by atoms with Crippen LogP contribution in [0.3, 0.4) is 0 Å². The van der Waals surface area contributed by atoms with Crippen LogP contribution in [0.5, 0.6) is 0 Å². The van der Waals surface area contributed by atoms with Crippen molar-refractivity contribution in [2.75, 3.05) is 39.1 Å². The number of nitrogens with zero attached hydrogens (tertiary/aromatic N) is 1. The first-order valence-electron chi connectivity index (χ1n) is 5.89. The molecule has 0 N–H and O–H groups in total. The Balaban J connectivity index is 2.36. The van der Waals surface area contributed by atoms with E-state index in [1.165, 1.54) is 25.9 Å². The summed E-state index contributed by atoms with van der Waals surface area (Å²) in [6.45, 7) is 9.11. The van der Waals surface area contributed by atoms with Crippen LogP contribution in [0.2, 0.25) is 0 Å². The monoisotopic (exact) mass is 231 g/mol. The van der Waals surface area contributed by atoms with Crippen LogP contribution in [0.15, 0.2) is 0 Å². The standard InChI is InChI=1S/C12H25NOS/c1-12(2,10-15)9-13-6-4-5-11(7-13)8-14-3/h11,15H,4-10H2,1-3H3. The molecule has 0 aromatic heterocycles.